The van der Waals surface area contributed by atoms with Crippen molar-refractivity contribution in [3.8, 4) is 0 Å². The molecule has 0 amide bonds. The van der Waals surface area contributed by atoms with Gasteiger partial charge in [0.05, 0.1) is 0 Å². The molecule has 0 aliphatic heterocycles. The smallest absolute Gasteiger partial charge is 0.141 e. The molecular formula is C11H13BrOS. The van der Waals surface area contributed by atoms with Crippen molar-refractivity contribution in [3.05, 3.63) is 20.8 Å². The summed E-state index contributed by atoms with van der Waals surface area (Å²) in [5.41, 5.74) is 0.265. The minimum Gasteiger partial charge on any atom is -0.299 e. The predicted octanol–water partition coefficient (Wildman–Crippen LogP) is 3.67. The van der Waals surface area contributed by atoms with Gasteiger partial charge in [-0.25, -0.2) is 0 Å². The zero-order valence-corrected chi connectivity index (χ0v) is 10.7. The topological polar surface area (TPSA) is 17.1 Å². The standard InChI is InChI=1S/C11H13BrOS/c1-11(2)6-7(11)9(13)5-10-8(12)3-4-14-10/h3-4,7H,5-6H2,1-2H3. The van der Waals surface area contributed by atoms with E-state index in [0.29, 0.717) is 18.1 Å². The maximum Gasteiger partial charge on any atom is 0.141 e. The Hall–Kier alpha value is -0.150. The van der Waals surface area contributed by atoms with Crippen molar-refractivity contribution in [3.63, 3.8) is 0 Å². The van der Waals surface area contributed by atoms with E-state index in [1.165, 1.54) is 0 Å². The molecule has 1 aromatic rings. The lowest BCUT2D eigenvalue weighted by Gasteiger charge is -2.01. The van der Waals surface area contributed by atoms with Crippen molar-refractivity contribution in [1.82, 2.24) is 0 Å². The number of ketones is 1. The Morgan fingerprint density at radius 1 is 1.71 bits per heavy atom. The molecule has 0 radical (unpaired) electrons. The van der Waals surface area contributed by atoms with Crippen LogP contribution < -0.4 is 0 Å². The fraction of sp³-hybridized carbons (Fsp3) is 0.545. The second-order valence-corrected chi connectivity index (χ2v) is 6.44. The minimum absolute atomic E-state index is 0.265. The Labute approximate surface area is 96.6 Å². The summed E-state index contributed by atoms with van der Waals surface area (Å²) in [5, 5.41) is 2.02. The largest absolute Gasteiger partial charge is 0.299 e. The average molecular weight is 273 g/mol. The quantitative estimate of drug-likeness (QED) is 0.821. The van der Waals surface area contributed by atoms with Gasteiger partial charge in [0.1, 0.15) is 5.78 Å². The van der Waals surface area contributed by atoms with Gasteiger partial charge in [-0.1, -0.05) is 13.8 Å². The number of halogens is 1. The van der Waals surface area contributed by atoms with Gasteiger partial charge in [-0.05, 0) is 39.2 Å². The first-order chi connectivity index (χ1) is 6.50. The molecule has 0 N–H and O–H groups in total. The van der Waals surface area contributed by atoms with E-state index in [0.717, 1.165) is 15.8 Å². The van der Waals surface area contributed by atoms with Gasteiger partial charge >= 0.3 is 0 Å². The Bertz CT molecular complexity index is 367. The van der Waals surface area contributed by atoms with Crippen LogP contribution in [0.4, 0.5) is 0 Å². The maximum absolute atomic E-state index is 11.8. The monoisotopic (exact) mass is 272 g/mol. The third-order valence-electron chi connectivity index (χ3n) is 2.93. The van der Waals surface area contributed by atoms with Crippen molar-refractivity contribution in [2.75, 3.05) is 0 Å². The van der Waals surface area contributed by atoms with E-state index in [4.69, 9.17) is 0 Å². The second kappa shape index (κ2) is 3.46. The number of thiophene rings is 1. The molecule has 0 spiro atoms. The van der Waals surface area contributed by atoms with Gasteiger partial charge in [0.15, 0.2) is 0 Å². The van der Waals surface area contributed by atoms with Crippen LogP contribution in [0.2, 0.25) is 0 Å². The first kappa shape index (κ1) is 10.4. The normalized spacial score (nSPS) is 23.5. The van der Waals surface area contributed by atoms with E-state index in [1.807, 2.05) is 11.4 Å². The number of carbonyl (C=O) groups excluding carboxylic acids is 1. The Morgan fingerprint density at radius 2 is 2.36 bits per heavy atom. The molecule has 1 nitrogen and oxygen atoms in total. The highest BCUT2D eigenvalue weighted by atomic mass is 79.9. The summed E-state index contributed by atoms with van der Waals surface area (Å²) in [6.45, 7) is 4.33. The van der Waals surface area contributed by atoms with Crippen LogP contribution in [0.5, 0.6) is 0 Å². The van der Waals surface area contributed by atoms with Crippen molar-refractivity contribution >= 4 is 33.0 Å². The van der Waals surface area contributed by atoms with Crippen molar-refractivity contribution in [2.45, 2.75) is 26.7 Å². The van der Waals surface area contributed by atoms with Crippen LogP contribution in [0.15, 0.2) is 15.9 Å². The van der Waals surface area contributed by atoms with Gasteiger partial charge in [-0.15, -0.1) is 11.3 Å². The summed E-state index contributed by atoms with van der Waals surface area (Å²) in [5.74, 6) is 0.703. The highest BCUT2D eigenvalue weighted by molar-refractivity contribution is 9.10. The lowest BCUT2D eigenvalue weighted by Crippen LogP contribution is -2.08. The molecule has 1 unspecified atom stereocenters. The number of carbonyl (C=O) groups is 1. The highest BCUT2D eigenvalue weighted by Crippen LogP contribution is 2.52. The fourth-order valence-corrected chi connectivity index (χ4v) is 3.25. The zero-order chi connectivity index (χ0) is 10.3. The fourth-order valence-electron chi connectivity index (χ4n) is 1.75. The van der Waals surface area contributed by atoms with Crippen LogP contribution in [-0.2, 0) is 11.2 Å². The molecule has 0 aromatic carbocycles. The number of rotatable bonds is 3. The molecule has 14 heavy (non-hydrogen) atoms. The van der Waals surface area contributed by atoms with E-state index in [-0.39, 0.29) is 5.41 Å². The molecule has 1 saturated carbocycles. The molecule has 1 aliphatic rings. The summed E-state index contributed by atoms with van der Waals surface area (Å²) in [6.07, 6.45) is 1.67. The molecule has 1 heterocycles. The van der Waals surface area contributed by atoms with Gasteiger partial charge in [0.2, 0.25) is 0 Å². The predicted molar refractivity (Wildman–Crippen MR) is 62.6 cm³/mol. The van der Waals surface area contributed by atoms with E-state index in [2.05, 4.69) is 29.8 Å². The van der Waals surface area contributed by atoms with E-state index in [9.17, 15) is 4.79 Å². The number of Topliss-reactive ketones (excluding diaryl/α,β-unsaturated/α-hetero) is 1. The first-order valence-corrected chi connectivity index (χ1v) is 6.42. The van der Waals surface area contributed by atoms with E-state index in [1.54, 1.807) is 11.3 Å². The van der Waals surface area contributed by atoms with Crippen LogP contribution in [0, 0.1) is 11.3 Å². The highest BCUT2D eigenvalue weighted by Gasteiger charge is 2.49. The first-order valence-electron chi connectivity index (χ1n) is 4.75. The lowest BCUT2D eigenvalue weighted by atomic mass is 10.0. The second-order valence-electron chi connectivity index (χ2n) is 4.58. The van der Waals surface area contributed by atoms with Gasteiger partial charge < -0.3 is 0 Å². The third-order valence-corrected chi connectivity index (χ3v) is 4.85. The molecule has 0 saturated heterocycles. The van der Waals surface area contributed by atoms with Crippen molar-refractivity contribution in [1.29, 1.82) is 0 Å². The molecule has 0 bridgehead atoms. The zero-order valence-electron chi connectivity index (χ0n) is 8.34. The average Bonchev–Trinajstić information content (AvgIpc) is 2.54. The molecule has 3 heteroatoms. The Morgan fingerprint density at radius 3 is 2.79 bits per heavy atom. The molecule has 1 aliphatic carbocycles. The Balaban J connectivity index is 2.00. The molecule has 2 rings (SSSR count). The van der Waals surface area contributed by atoms with Crippen LogP contribution in [0.3, 0.4) is 0 Å². The van der Waals surface area contributed by atoms with Crippen molar-refractivity contribution in [2.24, 2.45) is 11.3 Å². The Kier molecular flexibility index (Phi) is 2.56. The van der Waals surface area contributed by atoms with Crippen molar-refractivity contribution < 1.29 is 4.79 Å². The van der Waals surface area contributed by atoms with Crippen LogP contribution in [0.25, 0.3) is 0 Å². The van der Waals surface area contributed by atoms with Gasteiger partial charge in [-0.3, -0.25) is 4.79 Å². The summed E-state index contributed by atoms with van der Waals surface area (Å²) in [7, 11) is 0. The summed E-state index contributed by atoms with van der Waals surface area (Å²) in [4.78, 5) is 13.0. The summed E-state index contributed by atoms with van der Waals surface area (Å²) >= 11 is 5.11. The maximum atomic E-state index is 11.8. The van der Waals surface area contributed by atoms with Crippen LogP contribution >= 0.6 is 27.3 Å². The molecular weight excluding hydrogens is 260 g/mol. The van der Waals surface area contributed by atoms with E-state index < -0.39 is 0 Å². The number of hydrogen-bond acceptors (Lipinski definition) is 2. The number of hydrogen-bond donors (Lipinski definition) is 0. The lowest BCUT2D eigenvalue weighted by molar-refractivity contribution is -0.120. The van der Waals surface area contributed by atoms with Gasteiger partial charge in [-0.2, -0.15) is 0 Å². The van der Waals surface area contributed by atoms with E-state index >= 15 is 0 Å². The van der Waals surface area contributed by atoms with Crippen LogP contribution in [-0.4, -0.2) is 5.78 Å². The molecule has 1 aromatic heterocycles. The molecule has 76 valence electrons. The molecule has 1 atom stereocenters. The van der Waals surface area contributed by atoms with Gasteiger partial charge in [0.25, 0.3) is 0 Å². The minimum atomic E-state index is 0.265. The SMILES string of the molecule is CC1(C)CC1C(=O)Cc1sccc1Br. The summed E-state index contributed by atoms with van der Waals surface area (Å²) < 4.78 is 1.08. The molecule has 1 fully saturated rings. The van der Waals surface area contributed by atoms with Gasteiger partial charge in [0, 0.05) is 21.7 Å². The van der Waals surface area contributed by atoms with Crippen LogP contribution in [0.1, 0.15) is 25.1 Å². The summed E-state index contributed by atoms with van der Waals surface area (Å²) in [6, 6.07) is 2.01. The third kappa shape index (κ3) is 1.94.